The molecular formula is C8H9NO3S. The van der Waals surface area contributed by atoms with E-state index in [0.717, 1.165) is 12.0 Å². The third kappa shape index (κ3) is 2.95. The van der Waals surface area contributed by atoms with Gasteiger partial charge in [-0.2, -0.15) is 0 Å². The van der Waals surface area contributed by atoms with Crippen molar-refractivity contribution in [2.45, 2.75) is 5.75 Å². The van der Waals surface area contributed by atoms with Gasteiger partial charge in [0.15, 0.2) is 5.69 Å². The van der Waals surface area contributed by atoms with Crippen molar-refractivity contribution in [2.24, 2.45) is 0 Å². The third-order valence-corrected chi connectivity index (χ3v) is 2.15. The summed E-state index contributed by atoms with van der Waals surface area (Å²) in [5.74, 6) is 0.734. The number of thioether (sulfide) groups is 1. The molecule has 4 nitrogen and oxygen atoms in total. The maximum atomic E-state index is 10.4. The van der Waals surface area contributed by atoms with E-state index in [-0.39, 0.29) is 5.69 Å². The van der Waals surface area contributed by atoms with Crippen LogP contribution in [-0.2, 0) is 5.75 Å². The Morgan fingerprint density at radius 3 is 3.15 bits per heavy atom. The molecule has 70 valence electrons. The molecule has 1 heterocycles. The minimum Gasteiger partial charge on any atom is -0.476 e. The summed E-state index contributed by atoms with van der Waals surface area (Å²) < 4.78 is 4.93. The van der Waals surface area contributed by atoms with Gasteiger partial charge in [0.1, 0.15) is 6.26 Å². The molecule has 0 amide bonds. The van der Waals surface area contributed by atoms with Gasteiger partial charge in [0.25, 0.3) is 0 Å². The van der Waals surface area contributed by atoms with Gasteiger partial charge in [0.2, 0.25) is 5.89 Å². The zero-order valence-electron chi connectivity index (χ0n) is 6.90. The summed E-state index contributed by atoms with van der Waals surface area (Å²) in [5.41, 5.74) is -0.0470. The Hall–Kier alpha value is -1.23. The van der Waals surface area contributed by atoms with Crippen molar-refractivity contribution in [1.29, 1.82) is 0 Å². The molecule has 0 unspecified atom stereocenters. The fraction of sp³-hybridized carbons (Fsp3) is 0.250. The van der Waals surface area contributed by atoms with Crippen molar-refractivity contribution < 1.29 is 14.3 Å². The highest BCUT2D eigenvalue weighted by atomic mass is 32.2. The van der Waals surface area contributed by atoms with Crippen LogP contribution in [0.15, 0.2) is 23.3 Å². The SMILES string of the molecule is C=CCSCc1nc(C(=O)O)co1. The molecule has 0 aliphatic rings. The standard InChI is InChI=1S/C8H9NO3S/c1-2-3-13-5-7-9-6(4-12-7)8(10)11/h2,4H,1,3,5H2,(H,10,11). The highest BCUT2D eigenvalue weighted by Gasteiger charge is 2.09. The molecule has 1 N–H and O–H groups in total. The second-order valence-electron chi connectivity index (χ2n) is 2.24. The number of rotatable bonds is 5. The normalized spacial score (nSPS) is 9.85. The van der Waals surface area contributed by atoms with Crippen molar-refractivity contribution in [2.75, 3.05) is 5.75 Å². The quantitative estimate of drug-likeness (QED) is 0.578. The Morgan fingerprint density at radius 1 is 1.85 bits per heavy atom. The number of carboxylic acids is 1. The largest absolute Gasteiger partial charge is 0.476 e. The Balaban J connectivity index is 2.49. The van der Waals surface area contributed by atoms with Crippen LogP contribution in [-0.4, -0.2) is 21.8 Å². The van der Waals surface area contributed by atoms with E-state index < -0.39 is 5.97 Å². The van der Waals surface area contributed by atoms with E-state index in [9.17, 15) is 4.79 Å². The van der Waals surface area contributed by atoms with Gasteiger partial charge < -0.3 is 9.52 Å². The number of aromatic carboxylic acids is 1. The van der Waals surface area contributed by atoms with Gasteiger partial charge >= 0.3 is 5.97 Å². The summed E-state index contributed by atoms with van der Waals surface area (Å²) >= 11 is 1.56. The lowest BCUT2D eigenvalue weighted by Gasteiger charge is -1.90. The predicted molar refractivity (Wildman–Crippen MR) is 49.8 cm³/mol. The maximum absolute atomic E-state index is 10.4. The molecule has 0 saturated carbocycles. The molecule has 1 aromatic rings. The van der Waals surface area contributed by atoms with Gasteiger partial charge in [-0.05, 0) is 0 Å². The minimum atomic E-state index is -1.07. The van der Waals surface area contributed by atoms with Crippen molar-refractivity contribution >= 4 is 17.7 Å². The lowest BCUT2D eigenvalue weighted by atomic mass is 10.5. The van der Waals surface area contributed by atoms with E-state index in [1.165, 1.54) is 0 Å². The Morgan fingerprint density at radius 2 is 2.62 bits per heavy atom. The molecule has 13 heavy (non-hydrogen) atoms. The van der Waals surface area contributed by atoms with Crippen molar-refractivity contribution in [1.82, 2.24) is 4.98 Å². The van der Waals surface area contributed by atoms with E-state index >= 15 is 0 Å². The van der Waals surface area contributed by atoms with Crippen molar-refractivity contribution in [3.8, 4) is 0 Å². The lowest BCUT2D eigenvalue weighted by molar-refractivity contribution is 0.0690. The van der Waals surface area contributed by atoms with Crippen LogP contribution in [0.1, 0.15) is 16.4 Å². The summed E-state index contributed by atoms with van der Waals surface area (Å²) in [6.07, 6.45) is 2.91. The molecule has 0 spiro atoms. The van der Waals surface area contributed by atoms with E-state index in [2.05, 4.69) is 11.6 Å². The molecule has 0 bridgehead atoms. The molecule has 0 fully saturated rings. The monoisotopic (exact) mass is 199 g/mol. The topological polar surface area (TPSA) is 63.3 Å². The Bertz CT molecular complexity index is 308. The molecule has 0 aromatic carbocycles. The first-order chi connectivity index (χ1) is 6.24. The Labute approximate surface area is 79.7 Å². The molecule has 0 radical (unpaired) electrons. The lowest BCUT2D eigenvalue weighted by Crippen LogP contribution is -1.96. The zero-order valence-corrected chi connectivity index (χ0v) is 7.71. The number of oxazole rings is 1. The van der Waals surface area contributed by atoms with E-state index in [4.69, 9.17) is 9.52 Å². The van der Waals surface area contributed by atoms with Crippen LogP contribution in [0.5, 0.6) is 0 Å². The van der Waals surface area contributed by atoms with Crippen LogP contribution in [0.4, 0.5) is 0 Å². The third-order valence-electron chi connectivity index (χ3n) is 1.23. The van der Waals surface area contributed by atoms with Crippen molar-refractivity contribution in [3.05, 3.63) is 30.5 Å². The van der Waals surface area contributed by atoms with Crippen LogP contribution in [0.2, 0.25) is 0 Å². The minimum absolute atomic E-state index is 0.0470. The van der Waals surface area contributed by atoms with Crippen LogP contribution in [0.25, 0.3) is 0 Å². The summed E-state index contributed by atoms with van der Waals surface area (Å²) in [6, 6.07) is 0. The molecule has 0 aliphatic carbocycles. The summed E-state index contributed by atoms with van der Waals surface area (Å²) in [5, 5.41) is 8.52. The molecule has 0 saturated heterocycles. The first-order valence-corrected chi connectivity index (χ1v) is 4.76. The number of hydrogen-bond donors (Lipinski definition) is 1. The summed E-state index contributed by atoms with van der Waals surface area (Å²) in [6.45, 7) is 3.56. The van der Waals surface area contributed by atoms with Gasteiger partial charge in [-0.25, -0.2) is 9.78 Å². The molecular weight excluding hydrogens is 190 g/mol. The van der Waals surface area contributed by atoms with E-state index in [1.807, 2.05) is 0 Å². The number of hydrogen-bond acceptors (Lipinski definition) is 4. The fourth-order valence-corrected chi connectivity index (χ4v) is 1.30. The first-order valence-electron chi connectivity index (χ1n) is 3.60. The molecule has 5 heteroatoms. The van der Waals surface area contributed by atoms with Gasteiger partial charge in [-0.1, -0.05) is 6.08 Å². The van der Waals surface area contributed by atoms with Crippen LogP contribution in [0, 0.1) is 0 Å². The predicted octanol–water partition coefficient (Wildman–Crippen LogP) is 1.79. The number of carboxylic acid groups (broad SMARTS) is 1. The molecule has 1 rings (SSSR count). The second kappa shape index (κ2) is 4.71. The zero-order chi connectivity index (χ0) is 9.68. The highest BCUT2D eigenvalue weighted by Crippen LogP contribution is 2.11. The van der Waals surface area contributed by atoms with Gasteiger partial charge in [-0.3, -0.25) is 0 Å². The average Bonchev–Trinajstić information content (AvgIpc) is 2.53. The van der Waals surface area contributed by atoms with Crippen LogP contribution < -0.4 is 0 Å². The van der Waals surface area contributed by atoms with Crippen LogP contribution in [0.3, 0.4) is 0 Å². The fourth-order valence-electron chi connectivity index (χ4n) is 0.705. The van der Waals surface area contributed by atoms with Crippen LogP contribution >= 0.6 is 11.8 Å². The maximum Gasteiger partial charge on any atom is 0.357 e. The molecule has 0 aliphatic heterocycles. The van der Waals surface area contributed by atoms with Gasteiger partial charge in [0.05, 0.1) is 5.75 Å². The summed E-state index contributed by atoms with van der Waals surface area (Å²) in [7, 11) is 0. The van der Waals surface area contributed by atoms with Gasteiger partial charge in [0, 0.05) is 5.75 Å². The molecule has 0 atom stereocenters. The second-order valence-corrected chi connectivity index (χ2v) is 3.27. The number of aromatic nitrogens is 1. The smallest absolute Gasteiger partial charge is 0.357 e. The first kappa shape index (κ1) is 9.85. The average molecular weight is 199 g/mol. The van der Waals surface area contributed by atoms with Gasteiger partial charge in [-0.15, -0.1) is 18.3 Å². The van der Waals surface area contributed by atoms with Crippen molar-refractivity contribution in [3.63, 3.8) is 0 Å². The summed E-state index contributed by atoms with van der Waals surface area (Å²) in [4.78, 5) is 14.2. The number of nitrogens with zero attached hydrogens (tertiary/aromatic N) is 1. The van der Waals surface area contributed by atoms with E-state index in [0.29, 0.717) is 11.6 Å². The van der Waals surface area contributed by atoms with E-state index in [1.54, 1.807) is 17.8 Å². The number of carbonyl (C=O) groups is 1. The Kier molecular flexibility index (Phi) is 3.57. The highest BCUT2D eigenvalue weighted by molar-refractivity contribution is 7.98. The molecule has 1 aromatic heterocycles.